The third-order valence-corrected chi connectivity index (χ3v) is 3.45. The Bertz CT molecular complexity index is 532. The molecule has 1 aliphatic rings. The summed E-state index contributed by atoms with van der Waals surface area (Å²) in [7, 11) is 0. The molecule has 0 spiro atoms. The second-order valence-corrected chi connectivity index (χ2v) is 4.87. The lowest BCUT2D eigenvalue weighted by Gasteiger charge is -2.05. The van der Waals surface area contributed by atoms with Crippen LogP contribution in [0.25, 0.3) is 10.9 Å². The van der Waals surface area contributed by atoms with Gasteiger partial charge in [0.2, 0.25) is 0 Å². The molecule has 0 bridgehead atoms. The van der Waals surface area contributed by atoms with Gasteiger partial charge in [-0.15, -0.1) is 0 Å². The summed E-state index contributed by atoms with van der Waals surface area (Å²) >= 11 is 3.53. The highest BCUT2D eigenvalue weighted by Gasteiger charge is 2.27. The molecule has 2 nitrogen and oxygen atoms in total. The lowest BCUT2D eigenvalue weighted by atomic mass is 10.1. The number of nitrogens with zero attached hydrogens (tertiary/aromatic N) is 2. The lowest BCUT2D eigenvalue weighted by Crippen LogP contribution is -1.95. The van der Waals surface area contributed by atoms with Gasteiger partial charge in [0.05, 0.1) is 5.52 Å². The van der Waals surface area contributed by atoms with Crippen LogP contribution >= 0.6 is 15.9 Å². The topological polar surface area (TPSA) is 25.8 Å². The standard InChI is InChI=1S/C12H11BrN2/c1-7-3-2-4-9-10(7)14-12(8-5-6-8)15-11(9)13/h2-4,8H,5-6H2,1H3. The first-order chi connectivity index (χ1) is 7.25. The molecule has 1 fully saturated rings. The molecule has 2 aromatic rings. The van der Waals surface area contributed by atoms with E-state index in [2.05, 4.69) is 45.0 Å². The Kier molecular flexibility index (Phi) is 2.02. The van der Waals surface area contributed by atoms with Crippen LogP contribution in [0, 0.1) is 6.92 Å². The van der Waals surface area contributed by atoms with Gasteiger partial charge in [0.15, 0.2) is 0 Å². The van der Waals surface area contributed by atoms with E-state index >= 15 is 0 Å². The summed E-state index contributed by atoms with van der Waals surface area (Å²) in [5, 5.41) is 1.11. The molecule has 0 radical (unpaired) electrons. The molecule has 0 saturated heterocycles. The summed E-state index contributed by atoms with van der Waals surface area (Å²) in [4.78, 5) is 9.17. The van der Waals surface area contributed by atoms with E-state index in [0.717, 1.165) is 21.3 Å². The smallest absolute Gasteiger partial charge is 0.133 e. The van der Waals surface area contributed by atoms with Gasteiger partial charge in [-0.1, -0.05) is 18.2 Å². The summed E-state index contributed by atoms with van der Waals surface area (Å²) in [6.45, 7) is 2.10. The fraction of sp³-hybridized carbons (Fsp3) is 0.333. The number of aryl methyl sites for hydroxylation is 1. The molecule has 3 heteroatoms. The third-order valence-electron chi connectivity index (χ3n) is 2.84. The number of aromatic nitrogens is 2. The number of benzene rings is 1. The maximum Gasteiger partial charge on any atom is 0.133 e. The maximum absolute atomic E-state index is 4.66. The molecule has 1 saturated carbocycles. The highest BCUT2D eigenvalue weighted by molar-refractivity contribution is 9.10. The summed E-state index contributed by atoms with van der Waals surface area (Å²) in [6.07, 6.45) is 2.48. The summed E-state index contributed by atoms with van der Waals surface area (Å²) in [6, 6.07) is 6.20. The zero-order valence-electron chi connectivity index (χ0n) is 8.50. The minimum atomic E-state index is 0.602. The molecule has 0 unspecified atom stereocenters. The number of rotatable bonds is 1. The highest BCUT2D eigenvalue weighted by atomic mass is 79.9. The van der Waals surface area contributed by atoms with Crippen LogP contribution in [-0.2, 0) is 0 Å². The maximum atomic E-state index is 4.66. The van der Waals surface area contributed by atoms with Crippen LogP contribution < -0.4 is 0 Å². The van der Waals surface area contributed by atoms with Crippen LogP contribution in [0.4, 0.5) is 0 Å². The van der Waals surface area contributed by atoms with Crippen molar-refractivity contribution in [3.63, 3.8) is 0 Å². The first-order valence-electron chi connectivity index (χ1n) is 5.18. The van der Waals surface area contributed by atoms with Gasteiger partial charge in [-0.25, -0.2) is 9.97 Å². The number of hydrogen-bond donors (Lipinski definition) is 0. The van der Waals surface area contributed by atoms with E-state index in [1.54, 1.807) is 0 Å². The average Bonchev–Trinajstić information content (AvgIpc) is 3.02. The quantitative estimate of drug-likeness (QED) is 0.735. The van der Waals surface area contributed by atoms with E-state index in [1.165, 1.54) is 18.4 Å². The van der Waals surface area contributed by atoms with Crippen molar-refractivity contribution in [3.05, 3.63) is 34.2 Å². The Morgan fingerprint density at radius 3 is 2.80 bits per heavy atom. The molecule has 0 aliphatic heterocycles. The van der Waals surface area contributed by atoms with Crippen molar-refractivity contribution in [2.24, 2.45) is 0 Å². The molecule has 1 aliphatic carbocycles. The van der Waals surface area contributed by atoms with Crippen molar-refractivity contribution in [3.8, 4) is 0 Å². The van der Waals surface area contributed by atoms with E-state index in [-0.39, 0.29) is 0 Å². The molecule has 0 N–H and O–H groups in total. The van der Waals surface area contributed by atoms with Crippen LogP contribution in [0.2, 0.25) is 0 Å². The van der Waals surface area contributed by atoms with Gasteiger partial charge in [-0.3, -0.25) is 0 Å². The molecule has 1 aromatic heterocycles. The average molecular weight is 263 g/mol. The fourth-order valence-corrected chi connectivity index (χ4v) is 2.30. The van der Waals surface area contributed by atoms with Crippen molar-refractivity contribution in [1.29, 1.82) is 0 Å². The molecule has 1 aromatic carbocycles. The van der Waals surface area contributed by atoms with Crippen LogP contribution in [0.15, 0.2) is 22.8 Å². The van der Waals surface area contributed by atoms with Crippen molar-refractivity contribution in [2.45, 2.75) is 25.7 Å². The van der Waals surface area contributed by atoms with E-state index in [4.69, 9.17) is 0 Å². The SMILES string of the molecule is Cc1cccc2c(Br)nc(C3CC3)nc12. The molecular formula is C12H11BrN2. The van der Waals surface area contributed by atoms with E-state index in [9.17, 15) is 0 Å². The molecule has 76 valence electrons. The Hall–Kier alpha value is -0.960. The lowest BCUT2D eigenvalue weighted by molar-refractivity contribution is 0.936. The molecule has 0 atom stereocenters. The Labute approximate surface area is 96.9 Å². The molecular weight excluding hydrogens is 252 g/mol. The monoisotopic (exact) mass is 262 g/mol. The highest BCUT2D eigenvalue weighted by Crippen LogP contribution is 2.39. The second kappa shape index (κ2) is 3.27. The van der Waals surface area contributed by atoms with Gasteiger partial charge in [-0.2, -0.15) is 0 Å². The van der Waals surface area contributed by atoms with Gasteiger partial charge in [-0.05, 0) is 41.3 Å². The van der Waals surface area contributed by atoms with Gasteiger partial charge in [0, 0.05) is 11.3 Å². The fourth-order valence-electron chi connectivity index (χ4n) is 1.80. The number of fused-ring (bicyclic) bond motifs is 1. The predicted molar refractivity (Wildman–Crippen MR) is 64.0 cm³/mol. The van der Waals surface area contributed by atoms with Crippen LogP contribution in [-0.4, -0.2) is 9.97 Å². The van der Waals surface area contributed by atoms with Crippen LogP contribution in [0.5, 0.6) is 0 Å². The van der Waals surface area contributed by atoms with Crippen molar-refractivity contribution < 1.29 is 0 Å². The van der Waals surface area contributed by atoms with Gasteiger partial charge >= 0.3 is 0 Å². The Morgan fingerprint density at radius 2 is 2.07 bits per heavy atom. The largest absolute Gasteiger partial charge is 0.232 e. The molecule has 0 amide bonds. The van der Waals surface area contributed by atoms with Gasteiger partial charge in [0.1, 0.15) is 10.4 Å². The normalized spacial score (nSPS) is 15.9. The van der Waals surface area contributed by atoms with Gasteiger partial charge in [0.25, 0.3) is 0 Å². The number of para-hydroxylation sites is 1. The summed E-state index contributed by atoms with van der Waals surface area (Å²) < 4.78 is 0.929. The van der Waals surface area contributed by atoms with Gasteiger partial charge < -0.3 is 0 Å². The second-order valence-electron chi connectivity index (χ2n) is 4.12. The molecule has 15 heavy (non-hydrogen) atoms. The van der Waals surface area contributed by atoms with E-state index in [0.29, 0.717) is 5.92 Å². The predicted octanol–water partition coefficient (Wildman–Crippen LogP) is 3.58. The first kappa shape index (κ1) is 9.28. The summed E-state index contributed by atoms with van der Waals surface area (Å²) in [5.74, 6) is 1.61. The van der Waals surface area contributed by atoms with E-state index < -0.39 is 0 Å². The van der Waals surface area contributed by atoms with Crippen molar-refractivity contribution in [1.82, 2.24) is 9.97 Å². The zero-order valence-corrected chi connectivity index (χ0v) is 10.1. The van der Waals surface area contributed by atoms with Crippen LogP contribution in [0.3, 0.4) is 0 Å². The van der Waals surface area contributed by atoms with Crippen LogP contribution in [0.1, 0.15) is 30.1 Å². The molecule has 3 rings (SSSR count). The summed E-state index contributed by atoms with van der Waals surface area (Å²) in [5.41, 5.74) is 2.30. The zero-order chi connectivity index (χ0) is 10.4. The minimum Gasteiger partial charge on any atom is -0.232 e. The number of halogens is 1. The van der Waals surface area contributed by atoms with Crippen molar-refractivity contribution >= 4 is 26.8 Å². The minimum absolute atomic E-state index is 0.602. The molecule has 1 heterocycles. The Balaban J connectivity index is 2.32. The third kappa shape index (κ3) is 1.55. The number of hydrogen-bond acceptors (Lipinski definition) is 2. The first-order valence-corrected chi connectivity index (χ1v) is 5.98. The van der Waals surface area contributed by atoms with E-state index in [1.807, 2.05) is 6.07 Å². The van der Waals surface area contributed by atoms with Crippen molar-refractivity contribution in [2.75, 3.05) is 0 Å². The Morgan fingerprint density at radius 1 is 1.27 bits per heavy atom.